The van der Waals surface area contributed by atoms with Gasteiger partial charge in [-0.25, -0.2) is 0 Å². The van der Waals surface area contributed by atoms with Crippen LogP contribution < -0.4 is 0 Å². The Hall–Kier alpha value is -0.980. The molecule has 104 valence electrons. The Morgan fingerprint density at radius 3 is 2.72 bits per heavy atom. The number of ether oxygens (including phenoxy) is 2. The van der Waals surface area contributed by atoms with E-state index in [0.29, 0.717) is 44.4 Å². The average Bonchev–Trinajstić information content (AvgIpc) is 2.76. The number of rotatable bonds is 9. The van der Waals surface area contributed by atoms with Gasteiger partial charge >= 0.3 is 0 Å². The molecule has 0 fully saturated rings. The summed E-state index contributed by atoms with van der Waals surface area (Å²) in [6.07, 6.45) is 0.552. The molecule has 1 aromatic heterocycles. The molecule has 0 spiro atoms. The monoisotopic (exact) mass is 258 g/mol. The summed E-state index contributed by atoms with van der Waals surface area (Å²) in [5.74, 6) is 1.26. The molecular formula is C12H22N2O4. The van der Waals surface area contributed by atoms with Gasteiger partial charge in [0.05, 0.1) is 32.3 Å². The molecule has 0 bridgehead atoms. The van der Waals surface area contributed by atoms with Crippen LogP contribution in [0.25, 0.3) is 0 Å². The zero-order chi connectivity index (χ0) is 13.4. The van der Waals surface area contributed by atoms with Gasteiger partial charge in [0.25, 0.3) is 0 Å². The van der Waals surface area contributed by atoms with Gasteiger partial charge in [0.15, 0.2) is 5.82 Å². The minimum absolute atomic E-state index is 0.178. The maximum atomic E-state index is 9.70. The van der Waals surface area contributed by atoms with Crippen LogP contribution in [-0.2, 0) is 22.3 Å². The predicted octanol–water partition coefficient (Wildman–Crippen LogP) is 0.834. The van der Waals surface area contributed by atoms with E-state index >= 15 is 0 Å². The van der Waals surface area contributed by atoms with Crippen LogP contribution in [-0.4, -0.2) is 48.3 Å². The first-order valence-electron chi connectivity index (χ1n) is 6.19. The second kappa shape index (κ2) is 8.18. The highest BCUT2D eigenvalue weighted by molar-refractivity contribution is 4.88. The SMILES string of the molecule is COCCOCCc1noc(CC(O)C(C)C)n1. The zero-order valence-electron chi connectivity index (χ0n) is 11.3. The Kier molecular flexibility index (Phi) is 6.85. The standard InChI is InChI=1S/C12H22N2O4/c1-9(2)10(15)8-12-13-11(14-18-12)4-5-17-7-6-16-3/h9-10,15H,4-8H2,1-3H3. The van der Waals surface area contributed by atoms with Crippen molar-refractivity contribution in [3.8, 4) is 0 Å². The van der Waals surface area contributed by atoms with Crippen LogP contribution in [0.1, 0.15) is 25.6 Å². The van der Waals surface area contributed by atoms with Gasteiger partial charge in [-0.05, 0) is 5.92 Å². The molecule has 1 aromatic rings. The lowest BCUT2D eigenvalue weighted by molar-refractivity contribution is 0.0714. The summed E-state index contributed by atoms with van der Waals surface area (Å²) in [6.45, 7) is 5.58. The molecule has 0 aromatic carbocycles. The molecule has 1 heterocycles. The summed E-state index contributed by atoms with van der Waals surface area (Å²) < 4.78 is 15.2. The first kappa shape index (κ1) is 15.1. The van der Waals surface area contributed by atoms with Crippen molar-refractivity contribution in [3.63, 3.8) is 0 Å². The lowest BCUT2D eigenvalue weighted by atomic mass is 10.0. The fourth-order valence-corrected chi connectivity index (χ4v) is 1.30. The Bertz CT molecular complexity index is 328. The van der Waals surface area contributed by atoms with Crippen LogP contribution in [0.2, 0.25) is 0 Å². The molecule has 0 saturated heterocycles. The number of hydrogen-bond acceptors (Lipinski definition) is 6. The molecule has 18 heavy (non-hydrogen) atoms. The molecular weight excluding hydrogens is 236 g/mol. The molecule has 0 radical (unpaired) electrons. The van der Waals surface area contributed by atoms with Gasteiger partial charge in [-0.2, -0.15) is 4.98 Å². The van der Waals surface area contributed by atoms with Crippen molar-refractivity contribution in [3.05, 3.63) is 11.7 Å². The van der Waals surface area contributed by atoms with E-state index in [2.05, 4.69) is 10.1 Å². The van der Waals surface area contributed by atoms with Crippen molar-refractivity contribution < 1.29 is 19.1 Å². The first-order valence-corrected chi connectivity index (χ1v) is 6.19. The minimum atomic E-state index is -0.448. The molecule has 0 aliphatic carbocycles. The Morgan fingerprint density at radius 1 is 1.28 bits per heavy atom. The molecule has 0 saturated carbocycles. The summed E-state index contributed by atoms with van der Waals surface area (Å²) in [4.78, 5) is 4.20. The third kappa shape index (κ3) is 5.57. The summed E-state index contributed by atoms with van der Waals surface area (Å²) >= 11 is 0. The van der Waals surface area contributed by atoms with Gasteiger partial charge in [0.2, 0.25) is 5.89 Å². The van der Waals surface area contributed by atoms with Gasteiger partial charge in [0, 0.05) is 13.5 Å². The molecule has 0 aliphatic rings. The van der Waals surface area contributed by atoms with Crippen molar-refractivity contribution in [2.75, 3.05) is 26.9 Å². The first-order chi connectivity index (χ1) is 8.63. The average molecular weight is 258 g/mol. The minimum Gasteiger partial charge on any atom is -0.392 e. The number of methoxy groups -OCH3 is 1. The number of hydrogen-bond donors (Lipinski definition) is 1. The molecule has 1 N–H and O–H groups in total. The van der Waals surface area contributed by atoms with Crippen molar-refractivity contribution in [1.82, 2.24) is 10.1 Å². The van der Waals surface area contributed by atoms with Gasteiger partial charge in [-0.15, -0.1) is 0 Å². The smallest absolute Gasteiger partial charge is 0.229 e. The topological polar surface area (TPSA) is 77.6 Å². The number of aliphatic hydroxyl groups excluding tert-OH is 1. The molecule has 0 amide bonds. The fourth-order valence-electron chi connectivity index (χ4n) is 1.30. The summed E-state index contributed by atoms with van der Waals surface area (Å²) in [5.41, 5.74) is 0. The highest BCUT2D eigenvalue weighted by atomic mass is 16.5. The number of nitrogens with zero attached hydrogens (tertiary/aromatic N) is 2. The summed E-state index contributed by atoms with van der Waals surface area (Å²) in [7, 11) is 1.63. The summed E-state index contributed by atoms with van der Waals surface area (Å²) in [5, 5.41) is 13.5. The second-order valence-electron chi connectivity index (χ2n) is 4.48. The quantitative estimate of drug-likeness (QED) is 0.661. The number of aromatic nitrogens is 2. The van der Waals surface area contributed by atoms with E-state index in [1.165, 1.54) is 0 Å². The normalized spacial score (nSPS) is 13.2. The van der Waals surface area contributed by atoms with E-state index in [9.17, 15) is 5.11 Å². The van der Waals surface area contributed by atoms with E-state index in [0.717, 1.165) is 0 Å². The van der Waals surface area contributed by atoms with Crippen LogP contribution in [0.15, 0.2) is 4.52 Å². The van der Waals surface area contributed by atoms with E-state index in [1.807, 2.05) is 13.8 Å². The third-order valence-electron chi connectivity index (χ3n) is 2.57. The van der Waals surface area contributed by atoms with Crippen LogP contribution >= 0.6 is 0 Å². The van der Waals surface area contributed by atoms with Crippen molar-refractivity contribution in [1.29, 1.82) is 0 Å². The Labute approximate surface area is 107 Å². The Morgan fingerprint density at radius 2 is 2.06 bits per heavy atom. The van der Waals surface area contributed by atoms with Crippen LogP contribution in [0.4, 0.5) is 0 Å². The zero-order valence-corrected chi connectivity index (χ0v) is 11.3. The second-order valence-corrected chi connectivity index (χ2v) is 4.48. The van der Waals surface area contributed by atoms with Crippen molar-refractivity contribution >= 4 is 0 Å². The maximum absolute atomic E-state index is 9.70. The predicted molar refractivity (Wildman–Crippen MR) is 65.2 cm³/mol. The van der Waals surface area contributed by atoms with E-state index in [4.69, 9.17) is 14.0 Å². The van der Waals surface area contributed by atoms with E-state index < -0.39 is 6.10 Å². The molecule has 6 heteroatoms. The molecule has 6 nitrogen and oxygen atoms in total. The molecule has 0 aliphatic heterocycles. The highest BCUT2D eigenvalue weighted by Gasteiger charge is 2.15. The number of aliphatic hydroxyl groups is 1. The third-order valence-corrected chi connectivity index (χ3v) is 2.57. The van der Waals surface area contributed by atoms with Gasteiger partial charge in [-0.1, -0.05) is 19.0 Å². The maximum Gasteiger partial charge on any atom is 0.229 e. The molecule has 1 atom stereocenters. The van der Waals surface area contributed by atoms with Crippen molar-refractivity contribution in [2.24, 2.45) is 5.92 Å². The van der Waals surface area contributed by atoms with Crippen LogP contribution in [0.5, 0.6) is 0 Å². The van der Waals surface area contributed by atoms with Crippen LogP contribution in [0, 0.1) is 5.92 Å². The van der Waals surface area contributed by atoms with Gasteiger partial charge < -0.3 is 19.1 Å². The Balaban J connectivity index is 2.26. The summed E-state index contributed by atoms with van der Waals surface area (Å²) in [6, 6.07) is 0. The lowest BCUT2D eigenvalue weighted by Crippen LogP contribution is -2.17. The van der Waals surface area contributed by atoms with Crippen LogP contribution in [0.3, 0.4) is 0 Å². The fraction of sp³-hybridized carbons (Fsp3) is 0.833. The molecule has 1 rings (SSSR count). The van der Waals surface area contributed by atoms with Crippen molar-refractivity contribution in [2.45, 2.75) is 32.8 Å². The van der Waals surface area contributed by atoms with E-state index in [1.54, 1.807) is 7.11 Å². The lowest BCUT2D eigenvalue weighted by Gasteiger charge is -2.10. The van der Waals surface area contributed by atoms with Gasteiger partial charge in [-0.3, -0.25) is 0 Å². The largest absolute Gasteiger partial charge is 0.392 e. The van der Waals surface area contributed by atoms with Gasteiger partial charge in [0.1, 0.15) is 0 Å². The van der Waals surface area contributed by atoms with E-state index in [-0.39, 0.29) is 5.92 Å². The highest BCUT2D eigenvalue weighted by Crippen LogP contribution is 2.08. The molecule has 1 unspecified atom stereocenters.